The Morgan fingerprint density at radius 1 is 1.27 bits per heavy atom. The maximum Gasteiger partial charge on any atom is 0.416 e. The lowest BCUT2D eigenvalue weighted by atomic mass is 10.1. The second-order valence-corrected chi connectivity index (χ2v) is 5.12. The summed E-state index contributed by atoms with van der Waals surface area (Å²) in [5.74, 6) is -0.185. The van der Waals surface area contributed by atoms with Gasteiger partial charge in [0.05, 0.1) is 5.56 Å². The maximum absolute atomic E-state index is 12.5. The molecule has 2 heterocycles. The van der Waals surface area contributed by atoms with Crippen LogP contribution in [0.2, 0.25) is 0 Å². The molecule has 1 aromatic carbocycles. The first-order chi connectivity index (χ1) is 10.4. The van der Waals surface area contributed by atoms with Crippen LogP contribution in [0.1, 0.15) is 30.3 Å². The number of aryl methyl sites for hydroxylation is 1. The van der Waals surface area contributed by atoms with Crippen molar-refractivity contribution in [1.29, 1.82) is 0 Å². The van der Waals surface area contributed by atoms with Gasteiger partial charge >= 0.3 is 12.1 Å². The summed E-state index contributed by atoms with van der Waals surface area (Å²) in [6.45, 7) is 0. The monoisotopic (exact) mass is 311 g/mol. The van der Waals surface area contributed by atoms with Gasteiger partial charge in [-0.1, -0.05) is 12.1 Å². The Hall–Kier alpha value is -2.38. The molecule has 0 fully saturated rings. The Bertz CT molecular complexity index is 707. The van der Waals surface area contributed by atoms with Crippen LogP contribution in [0.4, 0.5) is 13.2 Å². The van der Waals surface area contributed by atoms with E-state index in [9.17, 15) is 23.1 Å². The highest BCUT2D eigenvalue weighted by atomic mass is 19.4. The third-order valence-corrected chi connectivity index (χ3v) is 3.63. The van der Waals surface area contributed by atoms with Gasteiger partial charge in [-0.05, 0) is 25.0 Å². The maximum atomic E-state index is 12.5. The molecular formula is C14H12F3N3O2. The predicted molar refractivity (Wildman–Crippen MR) is 70.1 cm³/mol. The number of benzene rings is 1. The molecule has 1 aromatic heterocycles. The molecule has 1 N–H and O–H groups in total. The van der Waals surface area contributed by atoms with Gasteiger partial charge in [0.1, 0.15) is 5.82 Å². The van der Waals surface area contributed by atoms with Crippen LogP contribution in [0.3, 0.4) is 0 Å². The van der Waals surface area contributed by atoms with Gasteiger partial charge in [0.15, 0.2) is 11.9 Å². The van der Waals surface area contributed by atoms with Crippen molar-refractivity contribution >= 4 is 5.97 Å². The molecule has 3 rings (SSSR count). The highest BCUT2D eigenvalue weighted by Gasteiger charge is 2.31. The number of aliphatic carboxylic acids is 1. The summed E-state index contributed by atoms with van der Waals surface area (Å²) in [6, 6.07) is 3.74. The van der Waals surface area contributed by atoms with Crippen molar-refractivity contribution in [1.82, 2.24) is 14.8 Å². The van der Waals surface area contributed by atoms with Crippen molar-refractivity contribution in [2.24, 2.45) is 0 Å². The molecule has 8 heteroatoms. The zero-order chi connectivity index (χ0) is 15.9. The number of fused-ring (bicyclic) bond motifs is 1. The van der Waals surface area contributed by atoms with Crippen LogP contribution in [-0.2, 0) is 17.4 Å². The molecule has 116 valence electrons. The quantitative estimate of drug-likeness (QED) is 0.926. The van der Waals surface area contributed by atoms with Crippen LogP contribution in [0.25, 0.3) is 11.4 Å². The van der Waals surface area contributed by atoms with E-state index >= 15 is 0 Å². The topological polar surface area (TPSA) is 68.0 Å². The first-order valence-corrected chi connectivity index (χ1v) is 6.72. The summed E-state index contributed by atoms with van der Waals surface area (Å²) in [4.78, 5) is 15.5. The molecule has 0 saturated carbocycles. The predicted octanol–water partition coefficient (Wildman–Crippen LogP) is 2.93. The van der Waals surface area contributed by atoms with Crippen molar-refractivity contribution in [3.8, 4) is 11.4 Å². The molecule has 0 saturated heterocycles. The Morgan fingerprint density at radius 2 is 1.95 bits per heavy atom. The van der Waals surface area contributed by atoms with Crippen LogP contribution in [0.15, 0.2) is 24.3 Å². The van der Waals surface area contributed by atoms with E-state index in [1.165, 1.54) is 16.8 Å². The first-order valence-electron chi connectivity index (χ1n) is 6.72. The molecule has 0 spiro atoms. The molecule has 1 atom stereocenters. The Kier molecular flexibility index (Phi) is 3.38. The first kappa shape index (κ1) is 14.6. The fourth-order valence-corrected chi connectivity index (χ4v) is 2.51. The third kappa shape index (κ3) is 2.56. The van der Waals surface area contributed by atoms with Gasteiger partial charge in [0, 0.05) is 12.0 Å². The van der Waals surface area contributed by atoms with Crippen LogP contribution in [0.5, 0.6) is 0 Å². The summed E-state index contributed by atoms with van der Waals surface area (Å²) in [5.41, 5.74) is -0.317. The van der Waals surface area contributed by atoms with Gasteiger partial charge in [0.25, 0.3) is 0 Å². The van der Waals surface area contributed by atoms with Crippen molar-refractivity contribution in [3.05, 3.63) is 35.7 Å². The second kappa shape index (κ2) is 5.11. The van der Waals surface area contributed by atoms with Crippen LogP contribution < -0.4 is 0 Å². The zero-order valence-corrected chi connectivity index (χ0v) is 11.3. The largest absolute Gasteiger partial charge is 0.480 e. The van der Waals surface area contributed by atoms with Crippen molar-refractivity contribution in [2.75, 3.05) is 0 Å². The average molecular weight is 311 g/mol. The highest BCUT2D eigenvalue weighted by molar-refractivity contribution is 5.72. The lowest BCUT2D eigenvalue weighted by molar-refractivity contribution is -0.142. The number of hydrogen-bond acceptors (Lipinski definition) is 3. The summed E-state index contributed by atoms with van der Waals surface area (Å²) < 4.78 is 39.0. The van der Waals surface area contributed by atoms with Gasteiger partial charge in [-0.2, -0.15) is 13.2 Å². The fourth-order valence-electron chi connectivity index (χ4n) is 2.51. The summed E-state index contributed by atoms with van der Waals surface area (Å²) >= 11 is 0. The Labute approximate surface area is 123 Å². The number of rotatable bonds is 2. The van der Waals surface area contributed by atoms with E-state index in [1.807, 2.05) is 0 Å². The summed E-state index contributed by atoms with van der Waals surface area (Å²) in [5, 5.41) is 13.3. The van der Waals surface area contributed by atoms with E-state index in [4.69, 9.17) is 0 Å². The number of carboxylic acids is 1. The molecule has 0 amide bonds. The minimum atomic E-state index is -4.40. The normalized spacial score (nSPS) is 18.0. The van der Waals surface area contributed by atoms with E-state index in [2.05, 4.69) is 10.1 Å². The average Bonchev–Trinajstić information content (AvgIpc) is 2.90. The number of hydrogen-bond donors (Lipinski definition) is 1. The number of alkyl halides is 3. The van der Waals surface area contributed by atoms with Gasteiger partial charge in [-0.15, -0.1) is 5.10 Å². The van der Waals surface area contributed by atoms with E-state index in [0.29, 0.717) is 30.7 Å². The van der Waals surface area contributed by atoms with Gasteiger partial charge in [-0.25, -0.2) is 14.5 Å². The molecule has 0 aliphatic carbocycles. The molecule has 0 bridgehead atoms. The van der Waals surface area contributed by atoms with Crippen LogP contribution in [0, 0.1) is 0 Å². The molecule has 0 radical (unpaired) electrons. The molecule has 5 nitrogen and oxygen atoms in total. The highest BCUT2D eigenvalue weighted by Crippen LogP contribution is 2.31. The number of halogens is 3. The summed E-state index contributed by atoms with van der Waals surface area (Å²) in [7, 11) is 0. The van der Waals surface area contributed by atoms with E-state index in [1.54, 1.807) is 0 Å². The zero-order valence-electron chi connectivity index (χ0n) is 11.3. The van der Waals surface area contributed by atoms with E-state index < -0.39 is 23.8 Å². The lowest BCUT2D eigenvalue weighted by Gasteiger charge is -2.19. The van der Waals surface area contributed by atoms with Crippen molar-refractivity contribution in [3.63, 3.8) is 0 Å². The molecule has 2 aromatic rings. The van der Waals surface area contributed by atoms with Gasteiger partial charge in [-0.3, -0.25) is 0 Å². The van der Waals surface area contributed by atoms with Crippen molar-refractivity contribution < 1.29 is 23.1 Å². The molecule has 22 heavy (non-hydrogen) atoms. The van der Waals surface area contributed by atoms with E-state index in [0.717, 1.165) is 12.1 Å². The third-order valence-electron chi connectivity index (χ3n) is 3.63. The molecule has 1 aliphatic rings. The summed E-state index contributed by atoms with van der Waals surface area (Å²) in [6.07, 6.45) is -2.62. The Balaban J connectivity index is 1.95. The van der Waals surface area contributed by atoms with Crippen LogP contribution >= 0.6 is 0 Å². The Morgan fingerprint density at radius 3 is 2.55 bits per heavy atom. The molecule has 1 aliphatic heterocycles. The van der Waals surface area contributed by atoms with Crippen LogP contribution in [-0.4, -0.2) is 25.8 Å². The SMILES string of the molecule is O=C(O)C1CCCc2nc(-c3ccc(C(F)(F)F)cc3)nn21. The number of carbonyl (C=O) groups is 1. The standard InChI is InChI=1S/C14H12F3N3O2/c15-14(16,17)9-6-4-8(5-7-9)12-18-11-3-1-2-10(13(21)22)20(11)19-12/h4-7,10H,1-3H2,(H,21,22). The second-order valence-electron chi connectivity index (χ2n) is 5.12. The van der Waals surface area contributed by atoms with Gasteiger partial charge < -0.3 is 5.11 Å². The minimum absolute atomic E-state index is 0.247. The number of carboxylic acid groups (broad SMARTS) is 1. The smallest absolute Gasteiger partial charge is 0.416 e. The number of aromatic nitrogens is 3. The van der Waals surface area contributed by atoms with Gasteiger partial charge in [0.2, 0.25) is 0 Å². The fraction of sp³-hybridized carbons (Fsp3) is 0.357. The minimum Gasteiger partial charge on any atom is -0.480 e. The lowest BCUT2D eigenvalue weighted by Crippen LogP contribution is -2.25. The van der Waals surface area contributed by atoms with Crippen molar-refractivity contribution in [2.45, 2.75) is 31.5 Å². The number of nitrogens with zero attached hydrogens (tertiary/aromatic N) is 3. The molecular weight excluding hydrogens is 299 g/mol. The van der Waals surface area contributed by atoms with E-state index in [-0.39, 0.29) is 5.82 Å². The molecule has 1 unspecified atom stereocenters.